The number of hydrogen-bond donors (Lipinski definition) is 3. The highest BCUT2D eigenvalue weighted by Gasteiger charge is 2.56. The molecule has 2 rings (SSSR count). The average molecular weight is 380 g/mol. The van der Waals surface area contributed by atoms with Crippen LogP contribution >= 0.6 is 0 Å². The maximum atomic E-state index is 13.2. The van der Waals surface area contributed by atoms with Crippen LogP contribution in [0.25, 0.3) is 0 Å². The molecule has 152 valence electrons. The Balaban J connectivity index is 2.37. The van der Waals surface area contributed by atoms with Gasteiger partial charge in [0.05, 0.1) is 18.4 Å². The first-order valence-corrected chi connectivity index (χ1v) is 10.0. The number of fused-ring (bicyclic) bond motifs is 1. The summed E-state index contributed by atoms with van der Waals surface area (Å²) in [5.41, 5.74) is 0. The molecule has 1 aliphatic heterocycles. The van der Waals surface area contributed by atoms with Crippen molar-refractivity contribution in [3.05, 3.63) is 12.2 Å². The van der Waals surface area contributed by atoms with Crippen LogP contribution in [0.5, 0.6) is 0 Å². The number of aliphatic hydroxyl groups excluding tert-OH is 1. The van der Waals surface area contributed by atoms with E-state index in [0.29, 0.717) is 0 Å². The maximum absolute atomic E-state index is 13.2. The fourth-order valence-electron chi connectivity index (χ4n) is 4.59. The fourth-order valence-corrected chi connectivity index (χ4v) is 4.59. The Labute approximate surface area is 161 Å². The van der Waals surface area contributed by atoms with E-state index in [1.54, 1.807) is 7.05 Å². The van der Waals surface area contributed by atoms with Crippen molar-refractivity contribution in [2.24, 2.45) is 23.7 Å². The number of amides is 3. The number of hydrogen-bond acceptors (Lipinski definition) is 4. The molecule has 6 atom stereocenters. The summed E-state index contributed by atoms with van der Waals surface area (Å²) in [6, 6.07) is -0.673. The predicted molar refractivity (Wildman–Crippen MR) is 103 cm³/mol. The first-order chi connectivity index (χ1) is 12.9. The van der Waals surface area contributed by atoms with E-state index in [9.17, 15) is 19.5 Å². The number of carbonyl (C=O) groups excluding carboxylic acids is 3. The fraction of sp³-hybridized carbons (Fsp3) is 0.750. The summed E-state index contributed by atoms with van der Waals surface area (Å²) in [5, 5.41) is 15.1. The highest BCUT2D eigenvalue weighted by atomic mass is 16.3. The Morgan fingerprint density at radius 2 is 1.96 bits per heavy atom. The van der Waals surface area contributed by atoms with Crippen molar-refractivity contribution in [1.82, 2.24) is 15.5 Å². The van der Waals surface area contributed by atoms with E-state index >= 15 is 0 Å². The van der Waals surface area contributed by atoms with Crippen LogP contribution in [0.15, 0.2) is 12.2 Å². The van der Waals surface area contributed by atoms with Gasteiger partial charge in [-0.2, -0.15) is 0 Å². The summed E-state index contributed by atoms with van der Waals surface area (Å²) in [4.78, 5) is 40.2. The van der Waals surface area contributed by atoms with Crippen molar-refractivity contribution in [2.45, 2.75) is 52.1 Å². The summed E-state index contributed by atoms with van der Waals surface area (Å²) < 4.78 is 0. The molecule has 0 aromatic carbocycles. The minimum Gasteiger partial charge on any atom is -0.395 e. The largest absolute Gasteiger partial charge is 0.395 e. The Bertz CT molecular complexity index is 592. The van der Waals surface area contributed by atoms with E-state index in [1.165, 1.54) is 4.90 Å². The third-order valence-corrected chi connectivity index (χ3v) is 5.85. The lowest BCUT2D eigenvalue weighted by Crippen LogP contribution is -2.50. The van der Waals surface area contributed by atoms with Crippen molar-refractivity contribution < 1.29 is 19.5 Å². The Hall–Kier alpha value is -1.89. The zero-order chi connectivity index (χ0) is 20.1. The zero-order valence-corrected chi connectivity index (χ0v) is 16.8. The summed E-state index contributed by atoms with van der Waals surface area (Å²) in [6.07, 6.45) is 6.47. The van der Waals surface area contributed by atoms with Gasteiger partial charge >= 0.3 is 0 Å². The average Bonchev–Trinajstić information content (AvgIpc) is 2.93. The molecule has 3 N–H and O–H groups in total. The second-order valence-corrected chi connectivity index (χ2v) is 7.60. The van der Waals surface area contributed by atoms with Crippen LogP contribution in [0, 0.1) is 23.7 Å². The van der Waals surface area contributed by atoms with Crippen molar-refractivity contribution in [3.63, 3.8) is 0 Å². The van der Waals surface area contributed by atoms with Crippen LogP contribution in [0.1, 0.15) is 40.0 Å². The van der Waals surface area contributed by atoms with E-state index in [1.807, 2.05) is 26.0 Å². The molecule has 1 unspecified atom stereocenters. The zero-order valence-electron chi connectivity index (χ0n) is 16.8. The van der Waals surface area contributed by atoms with E-state index < -0.39 is 17.9 Å². The highest BCUT2D eigenvalue weighted by molar-refractivity contribution is 5.96. The summed E-state index contributed by atoms with van der Waals surface area (Å²) in [6.45, 7) is 5.87. The number of allylic oxidation sites excluding steroid dienone is 1. The van der Waals surface area contributed by atoms with Gasteiger partial charge in [-0.15, -0.1) is 0 Å². The van der Waals surface area contributed by atoms with E-state index in [0.717, 1.165) is 19.3 Å². The van der Waals surface area contributed by atoms with Gasteiger partial charge in [0, 0.05) is 25.6 Å². The SMILES string of the molecule is CCCC(C)NC(=O)[C@@H]1[C@H]2C=C[C@@H](CC)[C@@H](C(=O)NC)[C@H]2C(=O)N1CCO. The number of carbonyl (C=O) groups is 3. The molecule has 3 amide bonds. The van der Waals surface area contributed by atoms with Crippen LogP contribution in [0.3, 0.4) is 0 Å². The molecule has 2 aliphatic rings. The first kappa shape index (κ1) is 21.4. The molecule has 0 spiro atoms. The smallest absolute Gasteiger partial charge is 0.243 e. The van der Waals surface area contributed by atoms with Gasteiger partial charge in [0.25, 0.3) is 0 Å². The Kier molecular flexibility index (Phi) is 7.41. The highest BCUT2D eigenvalue weighted by Crippen LogP contribution is 2.44. The van der Waals surface area contributed by atoms with Gasteiger partial charge in [-0.25, -0.2) is 0 Å². The van der Waals surface area contributed by atoms with Gasteiger partial charge < -0.3 is 20.6 Å². The van der Waals surface area contributed by atoms with Crippen LogP contribution in [0.2, 0.25) is 0 Å². The minimum absolute atomic E-state index is 0.0123. The quantitative estimate of drug-likeness (QED) is 0.540. The molecule has 0 aromatic rings. The Morgan fingerprint density at radius 3 is 2.52 bits per heavy atom. The van der Waals surface area contributed by atoms with Crippen LogP contribution in [0.4, 0.5) is 0 Å². The van der Waals surface area contributed by atoms with Crippen LogP contribution < -0.4 is 10.6 Å². The molecule has 7 nitrogen and oxygen atoms in total. The van der Waals surface area contributed by atoms with Crippen molar-refractivity contribution in [3.8, 4) is 0 Å². The lowest BCUT2D eigenvalue weighted by molar-refractivity contribution is -0.141. The number of likely N-dealkylation sites (tertiary alicyclic amines) is 1. The third-order valence-electron chi connectivity index (χ3n) is 5.85. The summed E-state index contributed by atoms with van der Waals surface area (Å²) in [7, 11) is 1.57. The molecule has 1 fully saturated rings. The van der Waals surface area contributed by atoms with E-state index in [4.69, 9.17) is 0 Å². The van der Waals surface area contributed by atoms with Crippen molar-refractivity contribution in [1.29, 1.82) is 0 Å². The molecular formula is C20H33N3O4. The van der Waals surface area contributed by atoms with Gasteiger partial charge in [-0.1, -0.05) is 32.4 Å². The van der Waals surface area contributed by atoms with Crippen LogP contribution in [-0.2, 0) is 14.4 Å². The van der Waals surface area contributed by atoms with Crippen molar-refractivity contribution in [2.75, 3.05) is 20.2 Å². The van der Waals surface area contributed by atoms with Gasteiger partial charge in [0.2, 0.25) is 17.7 Å². The van der Waals surface area contributed by atoms with Crippen molar-refractivity contribution >= 4 is 17.7 Å². The van der Waals surface area contributed by atoms with E-state index in [2.05, 4.69) is 17.6 Å². The molecule has 0 saturated carbocycles. The topological polar surface area (TPSA) is 98.7 Å². The van der Waals surface area contributed by atoms with Gasteiger partial charge in [0.15, 0.2) is 0 Å². The molecule has 7 heteroatoms. The number of nitrogens with zero attached hydrogens (tertiary/aromatic N) is 1. The number of nitrogens with one attached hydrogen (secondary N) is 2. The van der Waals surface area contributed by atoms with Gasteiger partial charge in [0.1, 0.15) is 6.04 Å². The molecule has 1 aliphatic carbocycles. The second-order valence-electron chi connectivity index (χ2n) is 7.60. The molecule has 1 saturated heterocycles. The third kappa shape index (κ3) is 4.18. The number of rotatable bonds is 8. The lowest BCUT2D eigenvalue weighted by Gasteiger charge is -2.34. The minimum atomic E-state index is -0.685. The molecule has 0 bridgehead atoms. The lowest BCUT2D eigenvalue weighted by atomic mass is 9.69. The second kappa shape index (κ2) is 9.35. The maximum Gasteiger partial charge on any atom is 0.243 e. The molecule has 0 aromatic heterocycles. The first-order valence-electron chi connectivity index (χ1n) is 10.0. The summed E-state index contributed by atoms with van der Waals surface area (Å²) >= 11 is 0. The Morgan fingerprint density at radius 1 is 1.26 bits per heavy atom. The number of β-amino-alcohol motifs (C(OH)–C–C–N with tert-alkyl or cyclic N) is 1. The van der Waals surface area contributed by atoms with Gasteiger partial charge in [-0.05, 0) is 25.7 Å². The molecular weight excluding hydrogens is 346 g/mol. The van der Waals surface area contributed by atoms with E-state index in [-0.39, 0.29) is 48.8 Å². The van der Waals surface area contributed by atoms with Gasteiger partial charge in [-0.3, -0.25) is 14.4 Å². The molecule has 27 heavy (non-hydrogen) atoms. The number of aliphatic hydroxyl groups is 1. The van der Waals surface area contributed by atoms with Crippen LogP contribution in [-0.4, -0.2) is 60.0 Å². The normalized spacial score (nSPS) is 30.8. The monoisotopic (exact) mass is 379 g/mol. The molecule has 0 radical (unpaired) electrons. The standard InChI is InChI=1S/C20H33N3O4/c1-5-7-12(3)22-19(26)17-14-9-8-13(6-2)15(18(25)21-4)16(14)20(27)23(17)10-11-24/h8-9,12-17,24H,5-7,10-11H2,1-4H3,(H,21,25)(H,22,26)/t12?,13-,14+,15-,16+,17+/m1/s1. The summed E-state index contributed by atoms with van der Waals surface area (Å²) in [5.74, 6) is -2.04. The molecule has 1 heterocycles. The predicted octanol–water partition coefficient (Wildman–Crippen LogP) is 0.685.